The summed E-state index contributed by atoms with van der Waals surface area (Å²) in [7, 11) is -3.92. The first-order chi connectivity index (χ1) is 14.4. The van der Waals surface area contributed by atoms with E-state index < -0.39 is 10.0 Å². The van der Waals surface area contributed by atoms with Crippen molar-refractivity contribution in [3.63, 3.8) is 0 Å². The van der Waals surface area contributed by atoms with E-state index in [0.29, 0.717) is 22.2 Å². The van der Waals surface area contributed by atoms with Crippen molar-refractivity contribution < 1.29 is 8.42 Å². The fourth-order valence-corrected chi connectivity index (χ4v) is 5.00. The first-order valence-corrected chi connectivity index (χ1v) is 11.4. The van der Waals surface area contributed by atoms with Crippen molar-refractivity contribution in [1.29, 1.82) is 0 Å². The first kappa shape index (κ1) is 20.4. The van der Waals surface area contributed by atoms with E-state index in [-0.39, 0.29) is 11.4 Å². The van der Waals surface area contributed by atoms with Crippen LogP contribution < -0.4 is 4.31 Å². The zero-order valence-corrected chi connectivity index (χ0v) is 18.2. The third kappa shape index (κ3) is 3.78. The lowest BCUT2D eigenvalue weighted by Gasteiger charge is -2.25. The van der Waals surface area contributed by atoms with Gasteiger partial charge in [-0.15, -0.1) is 10.2 Å². The van der Waals surface area contributed by atoms with Crippen LogP contribution in [0.5, 0.6) is 0 Å². The quantitative estimate of drug-likeness (QED) is 0.437. The Labute approximate surface area is 180 Å². The molecule has 30 heavy (non-hydrogen) atoms. The third-order valence-electron chi connectivity index (χ3n) is 5.01. The van der Waals surface area contributed by atoms with Gasteiger partial charge in [-0.2, -0.15) is 0 Å². The van der Waals surface area contributed by atoms with Crippen LogP contribution in [0.2, 0.25) is 5.02 Å². The van der Waals surface area contributed by atoms with Gasteiger partial charge >= 0.3 is 0 Å². The lowest BCUT2D eigenvalue weighted by Crippen LogP contribution is -2.31. The number of hydrogen-bond acceptors (Lipinski definition) is 4. The molecule has 0 aliphatic heterocycles. The number of anilines is 1. The molecule has 0 fully saturated rings. The van der Waals surface area contributed by atoms with Crippen LogP contribution in [0.1, 0.15) is 23.9 Å². The molecule has 0 bridgehead atoms. The van der Waals surface area contributed by atoms with Crippen LogP contribution in [0.3, 0.4) is 0 Å². The fraction of sp³-hybridized carbons (Fsp3) is 0.182. The molecule has 0 unspecified atom stereocenters. The van der Waals surface area contributed by atoms with Crippen LogP contribution in [0.4, 0.5) is 5.69 Å². The Balaban J connectivity index is 1.85. The van der Waals surface area contributed by atoms with E-state index in [9.17, 15) is 8.42 Å². The fourth-order valence-electron chi connectivity index (χ4n) is 3.30. The molecule has 0 spiro atoms. The monoisotopic (exact) mass is 440 g/mol. The van der Waals surface area contributed by atoms with Crippen molar-refractivity contribution in [2.24, 2.45) is 0 Å². The number of halogens is 1. The van der Waals surface area contributed by atoms with Crippen molar-refractivity contribution in [1.82, 2.24) is 14.6 Å². The molecular formula is C22H21ClN4O2S. The Morgan fingerprint density at radius 2 is 1.63 bits per heavy atom. The van der Waals surface area contributed by atoms with Crippen LogP contribution in [0.15, 0.2) is 71.8 Å². The second-order valence-electron chi connectivity index (χ2n) is 6.97. The Morgan fingerprint density at radius 3 is 2.30 bits per heavy atom. The maximum Gasteiger partial charge on any atom is 0.268 e. The predicted molar refractivity (Wildman–Crippen MR) is 118 cm³/mol. The van der Waals surface area contributed by atoms with E-state index in [2.05, 4.69) is 17.1 Å². The van der Waals surface area contributed by atoms with Gasteiger partial charge in [0.2, 0.25) is 0 Å². The highest BCUT2D eigenvalue weighted by Gasteiger charge is 2.28. The molecule has 4 rings (SSSR count). The second kappa shape index (κ2) is 8.08. The van der Waals surface area contributed by atoms with Gasteiger partial charge in [0.25, 0.3) is 10.0 Å². The van der Waals surface area contributed by atoms with Gasteiger partial charge in [-0.3, -0.25) is 8.71 Å². The third-order valence-corrected chi connectivity index (χ3v) is 7.06. The zero-order chi connectivity index (χ0) is 21.3. The summed E-state index contributed by atoms with van der Waals surface area (Å²) >= 11 is 6.00. The number of nitrogens with zero attached hydrogens (tertiary/aromatic N) is 4. The molecule has 2 aromatic heterocycles. The lowest BCUT2D eigenvalue weighted by molar-refractivity contribution is 0.590. The molecule has 0 saturated heterocycles. The summed E-state index contributed by atoms with van der Waals surface area (Å²) in [4.78, 5) is 0.110. The first-order valence-electron chi connectivity index (χ1n) is 9.56. The van der Waals surface area contributed by atoms with Gasteiger partial charge in [-0.1, -0.05) is 42.8 Å². The van der Waals surface area contributed by atoms with Crippen molar-refractivity contribution in [2.75, 3.05) is 4.31 Å². The van der Waals surface area contributed by atoms with Crippen molar-refractivity contribution in [2.45, 2.75) is 31.7 Å². The van der Waals surface area contributed by atoms with Gasteiger partial charge in [-0.05, 0) is 60.9 Å². The number of benzene rings is 2. The van der Waals surface area contributed by atoms with E-state index in [1.54, 1.807) is 41.8 Å². The Bertz CT molecular complexity index is 1280. The number of sulfonamides is 1. The average Bonchev–Trinajstić information content (AvgIpc) is 3.14. The van der Waals surface area contributed by atoms with Crippen LogP contribution in [-0.4, -0.2) is 23.0 Å². The average molecular weight is 441 g/mol. The highest BCUT2D eigenvalue weighted by atomic mass is 35.5. The number of rotatable bonds is 6. The summed E-state index contributed by atoms with van der Waals surface area (Å²) in [5, 5.41) is 8.73. The van der Waals surface area contributed by atoms with Crippen LogP contribution in [0.25, 0.3) is 5.65 Å². The molecule has 0 N–H and O–H groups in total. The predicted octanol–water partition coefficient (Wildman–Crippen LogP) is 4.65. The Kier molecular flexibility index (Phi) is 5.49. The van der Waals surface area contributed by atoms with Crippen molar-refractivity contribution in [3.8, 4) is 0 Å². The summed E-state index contributed by atoms with van der Waals surface area (Å²) < 4.78 is 30.7. The smallest absolute Gasteiger partial charge is 0.268 e. The molecule has 4 aromatic rings. The van der Waals surface area contributed by atoms with Crippen LogP contribution in [-0.2, 0) is 23.0 Å². The topological polar surface area (TPSA) is 67.6 Å². The molecule has 8 heteroatoms. The summed E-state index contributed by atoms with van der Waals surface area (Å²) in [6, 6.07) is 18.0. The molecule has 2 aromatic carbocycles. The van der Waals surface area contributed by atoms with Gasteiger partial charge in [0, 0.05) is 11.2 Å². The van der Waals surface area contributed by atoms with Gasteiger partial charge in [0.15, 0.2) is 5.65 Å². The molecule has 6 nitrogen and oxygen atoms in total. The standard InChI is InChI=1S/C22H21ClN4O2S/c1-3-17-8-12-20(13-9-17)27(15-18-6-10-19(23)11-7-18)30(28,29)21-5-4-14-26-16(2)24-25-22(21)26/h4-14H,3,15H2,1-2H3. The van der Waals surface area contributed by atoms with E-state index in [4.69, 9.17) is 11.6 Å². The van der Waals surface area contributed by atoms with Crippen LogP contribution >= 0.6 is 11.6 Å². The summed E-state index contributed by atoms with van der Waals surface area (Å²) in [6.07, 6.45) is 2.63. The zero-order valence-electron chi connectivity index (χ0n) is 16.7. The maximum absolute atomic E-state index is 13.8. The number of aromatic nitrogens is 3. The summed E-state index contributed by atoms with van der Waals surface area (Å²) in [5.41, 5.74) is 2.85. The number of hydrogen-bond donors (Lipinski definition) is 0. The normalized spacial score (nSPS) is 11.7. The van der Waals surface area contributed by atoms with Crippen molar-refractivity contribution in [3.05, 3.63) is 88.8 Å². The SMILES string of the molecule is CCc1ccc(N(Cc2ccc(Cl)cc2)S(=O)(=O)c2cccn3c(C)nnc23)cc1. The van der Waals surface area contributed by atoms with E-state index >= 15 is 0 Å². The molecule has 0 amide bonds. The number of pyridine rings is 1. The van der Waals surface area contributed by atoms with Gasteiger partial charge < -0.3 is 0 Å². The minimum absolute atomic E-state index is 0.110. The molecule has 0 aliphatic carbocycles. The lowest BCUT2D eigenvalue weighted by atomic mass is 10.1. The van der Waals surface area contributed by atoms with E-state index in [1.165, 1.54) is 4.31 Å². The van der Waals surface area contributed by atoms with Crippen LogP contribution in [0, 0.1) is 6.92 Å². The summed E-state index contributed by atoms with van der Waals surface area (Å²) in [6.45, 7) is 4.01. The van der Waals surface area contributed by atoms with Gasteiger partial charge in [-0.25, -0.2) is 8.42 Å². The van der Waals surface area contributed by atoms with Gasteiger partial charge in [0.05, 0.1) is 12.2 Å². The molecule has 0 radical (unpaired) electrons. The van der Waals surface area contributed by atoms with E-state index in [0.717, 1.165) is 17.5 Å². The van der Waals surface area contributed by atoms with Crippen molar-refractivity contribution >= 4 is 33.0 Å². The molecule has 0 aliphatic rings. The summed E-state index contributed by atoms with van der Waals surface area (Å²) in [5.74, 6) is 0.624. The maximum atomic E-state index is 13.8. The largest absolute Gasteiger partial charge is 0.286 e. The Morgan fingerprint density at radius 1 is 0.967 bits per heavy atom. The second-order valence-corrected chi connectivity index (χ2v) is 9.24. The highest BCUT2D eigenvalue weighted by molar-refractivity contribution is 7.93. The molecule has 0 saturated carbocycles. The molecule has 154 valence electrons. The molecule has 0 atom stereocenters. The molecule has 2 heterocycles. The minimum atomic E-state index is -3.92. The van der Waals surface area contributed by atoms with E-state index in [1.807, 2.05) is 36.4 Å². The van der Waals surface area contributed by atoms with Gasteiger partial charge in [0.1, 0.15) is 10.7 Å². The Hall–Kier alpha value is -2.90. The highest BCUT2D eigenvalue weighted by Crippen LogP contribution is 2.28. The molecular weight excluding hydrogens is 420 g/mol. The number of aryl methyl sites for hydroxylation is 2. The number of fused-ring (bicyclic) bond motifs is 1. The minimum Gasteiger partial charge on any atom is -0.286 e.